The van der Waals surface area contributed by atoms with Crippen molar-refractivity contribution in [3.05, 3.63) is 29.8 Å². The maximum absolute atomic E-state index is 11.8. The van der Waals surface area contributed by atoms with Gasteiger partial charge in [-0.1, -0.05) is 0 Å². The van der Waals surface area contributed by atoms with Crippen molar-refractivity contribution in [2.75, 3.05) is 27.4 Å². The zero-order chi connectivity index (χ0) is 15.7. The average Bonchev–Trinajstić information content (AvgIpc) is 2.51. The predicted molar refractivity (Wildman–Crippen MR) is 77.4 cm³/mol. The van der Waals surface area contributed by atoms with E-state index in [4.69, 9.17) is 9.47 Å². The first-order valence-corrected chi connectivity index (χ1v) is 6.70. The Labute approximate surface area is 124 Å². The molecule has 1 atom stereocenters. The summed E-state index contributed by atoms with van der Waals surface area (Å²) in [6.07, 6.45) is 0.138. The highest BCUT2D eigenvalue weighted by atomic mass is 16.5. The maximum Gasteiger partial charge on any atom is 0.337 e. The Kier molecular flexibility index (Phi) is 7.25. The van der Waals surface area contributed by atoms with E-state index in [9.17, 15) is 9.59 Å². The topological polar surface area (TPSA) is 73.9 Å². The molecule has 0 aliphatic heterocycles. The van der Waals surface area contributed by atoms with Crippen molar-refractivity contribution < 1.29 is 23.8 Å². The van der Waals surface area contributed by atoms with Crippen molar-refractivity contribution in [2.24, 2.45) is 0 Å². The van der Waals surface area contributed by atoms with Crippen LogP contribution in [0.3, 0.4) is 0 Å². The first-order valence-electron chi connectivity index (χ1n) is 6.70. The predicted octanol–water partition coefficient (Wildman–Crippen LogP) is 1.39. The average molecular weight is 295 g/mol. The zero-order valence-corrected chi connectivity index (χ0v) is 12.5. The third-order valence-corrected chi connectivity index (χ3v) is 2.78. The molecule has 6 heteroatoms. The lowest BCUT2D eigenvalue weighted by Gasteiger charge is -2.14. The first-order chi connectivity index (χ1) is 10.1. The van der Waals surface area contributed by atoms with Crippen molar-refractivity contribution in [1.82, 2.24) is 5.32 Å². The molecule has 1 rings (SSSR count). The van der Waals surface area contributed by atoms with Crippen LogP contribution in [-0.2, 0) is 14.3 Å². The summed E-state index contributed by atoms with van der Waals surface area (Å²) in [6.45, 7) is 2.81. The van der Waals surface area contributed by atoms with Gasteiger partial charge < -0.3 is 19.5 Å². The van der Waals surface area contributed by atoms with E-state index in [0.29, 0.717) is 24.5 Å². The Morgan fingerprint density at radius 1 is 1.19 bits per heavy atom. The summed E-state index contributed by atoms with van der Waals surface area (Å²) in [4.78, 5) is 23.1. The Morgan fingerprint density at radius 2 is 1.86 bits per heavy atom. The minimum absolute atomic E-state index is 0.192. The highest BCUT2D eigenvalue weighted by molar-refractivity contribution is 5.89. The summed E-state index contributed by atoms with van der Waals surface area (Å²) in [7, 11) is 2.94. The lowest BCUT2D eigenvalue weighted by atomic mass is 10.2. The number of hydrogen-bond donors (Lipinski definition) is 1. The number of carbonyl (C=O) groups is 2. The van der Waals surface area contributed by atoms with Gasteiger partial charge in [0.2, 0.25) is 0 Å². The van der Waals surface area contributed by atoms with Crippen molar-refractivity contribution in [2.45, 2.75) is 19.4 Å². The number of nitrogens with one attached hydrogen (secondary N) is 1. The van der Waals surface area contributed by atoms with Gasteiger partial charge in [0, 0.05) is 20.3 Å². The van der Waals surface area contributed by atoms with E-state index in [1.54, 1.807) is 38.3 Å². The number of methoxy groups -OCH3 is 2. The smallest absolute Gasteiger partial charge is 0.337 e. The molecule has 1 amide bonds. The number of benzene rings is 1. The molecule has 0 bridgehead atoms. The number of ether oxygens (including phenoxy) is 3. The van der Waals surface area contributed by atoms with Crippen molar-refractivity contribution in [3.8, 4) is 5.75 Å². The van der Waals surface area contributed by atoms with Gasteiger partial charge in [-0.2, -0.15) is 0 Å². The Balaban J connectivity index is 2.44. The molecular formula is C15H21NO5. The van der Waals surface area contributed by atoms with Gasteiger partial charge in [0.25, 0.3) is 5.91 Å². The molecule has 1 unspecified atom stereocenters. The number of esters is 1. The highest BCUT2D eigenvalue weighted by Crippen LogP contribution is 2.14. The van der Waals surface area contributed by atoms with Gasteiger partial charge >= 0.3 is 5.97 Å². The second kappa shape index (κ2) is 8.97. The van der Waals surface area contributed by atoms with Crippen LogP contribution in [-0.4, -0.2) is 45.4 Å². The molecule has 0 aromatic heterocycles. The SMILES string of the molecule is COCCCNC(=O)C(C)Oc1ccc(C(=O)OC)cc1. The summed E-state index contributed by atoms with van der Waals surface area (Å²) < 4.78 is 15.0. The van der Waals surface area contributed by atoms with Crippen LogP contribution < -0.4 is 10.1 Å². The molecule has 0 fully saturated rings. The first kappa shape index (κ1) is 17.0. The molecule has 1 N–H and O–H groups in total. The monoisotopic (exact) mass is 295 g/mol. The van der Waals surface area contributed by atoms with E-state index in [1.165, 1.54) is 7.11 Å². The fourth-order valence-electron chi connectivity index (χ4n) is 1.62. The molecule has 0 aliphatic carbocycles. The van der Waals surface area contributed by atoms with E-state index < -0.39 is 12.1 Å². The molecule has 116 valence electrons. The minimum Gasteiger partial charge on any atom is -0.481 e. The van der Waals surface area contributed by atoms with Crippen LogP contribution in [0.2, 0.25) is 0 Å². The number of rotatable bonds is 8. The van der Waals surface area contributed by atoms with Gasteiger partial charge in [-0.3, -0.25) is 4.79 Å². The van der Waals surface area contributed by atoms with Crippen LogP contribution in [0, 0.1) is 0 Å². The van der Waals surface area contributed by atoms with Gasteiger partial charge in [-0.15, -0.1) is 0 Å². The van der Waals surface area contributed by atoms with Crippen LogP contribution in [0.5, 0.6) is 5.75 Å². The Bertz CT molecular complexity index is 458. The van der Waals surface area contributed by atoms with E-state index >= 15 is 0 Å². The molecule has 0 saturated heterocycles. The van der Waals surface area contributed by atoms with Crippen molar-refractivity contribution in [3.63, 3.8) is 0 Å². The van der Waals surface area contributed by atoms with Gasteiger partial charge in [-0.25, -0.2) is 4.79 Å². The minimum atomic E-state index is -0.614. The zero-order valence-electron chi connectivity index (χ0n) is 12.5. The van der Waals surface area contributed by atoms with Gasteiger partial charge in [0.1, 0.15) is 5.75 Å². The Morgan fingerprint density at radius 3 is 2.43 bits per heavy atom. The highest BCUT2D eigenvalue weighted by Gasteiger charge is 2.14. The van der Waals surface area contributed by atoms with Gasteiger partial charge in [-0.05, 0) is 37.6 Å². The lowest BCUT2D eigenvalue weighted by Crippen LogP contribution is -2.37. The summed E-state index contributed by atoms with van der Waals surface area (Å²) in [5, 5.41) is 2.76. The van der Waals surface area contributed by atoms with Crippen LogP contribution in [0.15, 0.2) is 24.3 Å². The van der Waals surface area contributed by atoms with Crippen molar-refractivity contribution in [1.29, 1.82) is 0 Å². The quantitative estimate of drug-likeness (QED) is 0.579. The number of hydrogen-bond acceptors (Lipinski definition) is 5. The van der Waals surface area contributed by atoms with Crippen LogP contribution in [0.25, 0.3) is 0 Å². The number of amides is 1. The molecule has 21 heavy (non-hydrogen) atoms. The summed E-state index contributed by atoms with van der Waals surface area (Å²) in [5.74, 6) is -0.0872. The molecule has 6 nitrogen and oxygen atoms in total. The molecular weight excluding hydrogens is 274 g/mol. The van der Waals surface area contributed by atoms with E-state index in [0.717, 1.165) is 6.42 Å². The third-order valence-electron chi connectivity index (χ3n) is 2.78. The standard InChI is InChI=1S/C15H21NO5/c1-11(14(17)16-9-4-10-19-2)21-13-7-5-12(6-8-13)15(18)20-3/h5-8,11H,4,9-10H2,1-3H3,(H,16,17). The van der Waals surface area contributed by atoms with Crippen LogP contribution in [0.4, 0.5) is 0 Å². The molecule has 1 aromatic carbocycles. The molecule has 0 radical (unpaired) electrons. The van der Waals surface area contributed by atoms with Gasteiger partial charge in [0.15, 0.2) is 6.10 Å². The largest absolute Gasteiger partial charge is 0.481 e. The molecule has 1 aromatic rings. The maximum atomic E-state index is 11.8. The summed E-state index contributed by atoms with van der Waals surface area (Å²) in [6, 6.07) is 6.43. The molecule has 0 saturated carbocycles. The summed E-state index contributed by atoms with van der Waals surface area (Å²) in [5.41, 5.74) is 0.432. The van der Waals surface area contributed by atoms with Gasteiger partial charge in [0.05, 0.1) is 12.7 Å². The third kappa shape index (κ3) is 5.83. The Hall–Kier alpha value is -2.08. The van der Waals surface area contributed by atoms with E-state index in [-0.39, 0.29) is 5.91 Å². The molecule has 0 spiro atoms. The molecule has 0 aliphatic rings. The normalized spacial score (nSPS) is 11.6. The fraction of sp³-hybridized carbons (Fsp3) is 0.467. The van der Waals surface area contributed by atoms with E-state index in [1.807, 2.05) is 0 Å². The lowest BCUT2D eigenvalue weighted by molar-refractivity contribution is -0.127. The fourth-order valence-corrected chi connectivity index (χ4v) is 1.62. The second-order valence-electron chi connectivity index (χ2n) is 4.41. The van der Waals surface area contributed by atoms with Crippen LogP contribution in [0.1, 0.15) is 23.7 Å². The van der Waals surface area contributed by atoms with Crippen LogP contribution >= 0.6 is 0 Å². The summed E-state index contributed by atoms with van der Waals surface area (Å²) >= 11 is 0. The van der Waals surface area contributed by atoms with E-state index in [2.05, 4.69) is 10.1 Å². The second-order valence-corrected chi connectivity index (χ2v) is 4.41. The number of carbonyl (C=O) groups excluding carboxylic acids is 2. The van der Waals surface area contributed by atoms with Crippen molar-refractivity contribution >= 4 is 11.9 Å². The molecule has 0 heterocycles.